The van der Waals surface area contributed by atoms with E-state index in [4.69, 9.17) is 0 Å². The third kappa shape index (κ3) is 1.97. The standard InChI is InChI=1S/C11H13BrN2/c1-11(8-13,14(2)3)9-5-4-6-10(12)7-9/h4-7H,1-3H3. The summed E-state index contributed by atoms with van der Waals surface area (Å²) in [6, 6.07) is 10.2. The molecule has 1 unspecified atom stereocenters. The zero-order valence-electron chi connectivity index (χ0n) is 8.58. The van der Waals surface area contributed by atoms with E-state index in [9.17, 15) is 5.26 Å². The van der Waals surface area contributed by atoms with Gasteiger partial charge in [0.15, 0.2) is 0 Å². The number of nitriles is 1. The first kappa shape index (κ1) is 11.2. The molecule has 1 atom stereocenters. The molecule has 2 nitrogen and oxygen atoms in total. The highest BCUT2D eigenvalue weighted by molar-refractivity contribution is 9.10. The van der Waals surface area contributed by atoms with E-state index < -0.39 is 5.54 Å². The predicted molar refractivity (Wildman–Crippen MR) is 60.8 cm³/mol. The molecule has 0 bridgehead atoms. The largest absolute Gasteiger partial charge is 0.288 e. The van der Waals surface area contributed by atoms with Crippen LogP contribution in [0.4, 0.5) is 0 Å². The molecule has 0 amide bonds. The number of rotatable bonds is 2. The van der Waals surface area contributed by atoms with Crippen LogP contribution in [-0.4, -0.2) is 19.0 Å². The summed E-state index contributed by atoms with van der Waals surface area (Å²) in [5.74, 6) is 0. The third-order valence-corrected chi connectivity index (χ3v) is 2.99. The lowest BCUT2D eigenvalue weighted by molar-refractivity contribution is 0.241. The van der Waals surface area contributed by atoms with Crippen molar-refractivity contribution in [3.05, 3.63) is 34.3 Å². The Kier molecular flexibility index (Phi) is 3.30. The maximum absolute atomic E-state index is 9.19. The Bertz CT molecular complexity index is 368. The molecule has 0 aliphatic rings. The van der Waals surface area contributed by atoms with Gasteiger partial charge in [-0.15, -0.1) is 0 Å². The molecule has 0 fully saturated rings. The molecule has 0 saturated heterocycles. The van der Waals surface area contributed by atoms with E-state index >= 15 is 0 Å². The van der Waals surface area contributed by atoms with Crippen LogP contribution >= 0.6 is 15.9 Å². The topological polar surface area (TPSA) is 27.0 Å². The minimum Gasteiger partial charge on any atom is -0.288 e. The first-order valence-corrected chi connectivity index (χ1v) is 5.14. The van der Waals surface area contributed by atoms with Crippen LogP contribution in [0, 0.1) is 11.3 Å². The molecule has 1 aromatic carbocycles. The maximum atomic E-state index is 9.19. The summed E-state index contributed by atoms with van der Waals surface area (Å²) in [4.78, 5) is 1.91. The number of benzene rings is 1. The van der Waals surface area contributed by atoms with E-state index in [0.29, 0.717) is 0 Å². The molecule has 14 heavy (non-hydrogen) atoms. The lowest BCUT2D eigenvalue weighted by Crippen LogP contribution is -2.36. The molecule has 0 radical (unpaired) electrons. The molecule has 74 valence electrons. The molecule has 1 rings (SSSR count). The van der Waals surface area contributed by atoms with Crippen molar-refractivity contribution in [2.45, 2.75) is 12.5 Å². The Balaban J connectivity index is 3.21. The van der Waals surface area contributed by atoms with Gasteiger partial charge in [-0.2, -0.15) is 5.26 Å². The van der Waals surface area contributed by atoms with Gasteiger partial charge < -0.3 is 0 Å². The first-order valence-electron chi connectivity index (χ1n) is 4.35. The fourth-order valence-corrected chi connectivity index (χ4v) is 1.61. The van der Waals surface area contributed by atoms with Crippen LogP contribution < -0.4 is 0 Å². The molecule has 0 spiro atoms. The van der Waals surface area contributed by atoms with E-state index in [0.717, 1.165) is 10.0 Å². The van der Waals surface area contributed by atoms with Gasteiger partial charge in [-0.1, -0.05) is 28.1 Å². The third-order valence-electron chi connectivity index (χ3n) is 2.50. The van der Waals surface area contributed by atoms with Gasteiger partial charge >= 0.3 is 0 Å². The van der Waals surface area contributed by atoms with Crippen molar-refractivity contribution in [3.63, 3.8) is 0 Å². The zero-order chi connectivity index (χ0) is 10.8. The molecule has 0 heterocycles. The van der Waals surface area contributed by atoms with Crippen molar-refractivity contribution in [3.8, 4) is 6.07 Å². The average molecular weight is 253 g/mol. The Hall–Kier alpha value is -0.850. The van der Waals surface area contributed by atoms with Crippen molar-refractivity contribution in [2.75, 3.05) is 14.1 Å². The van der Waals surface area contributed by atoms with Gasteiger partial charge in [0.2, 0.25) is 0 Å². The SMILES string of the molecule is CN(C)C(C)(C#N)c1cccc(Br)c1. The first-order chi connectivity index (χ1) is 6.50. The lowest BCUT2D eigenvalue weighted by atomic mass is 9.93. The second-order valence-corrected chi connectivity index (χ2v) is 4.50. The maximum Gasteiger partial charge on any atom is 0.131 e. The van der Waals surface area contributed by atoms with E-state index in [1.807, 2.05) is 50.2 Å². The quantitative estimate of drug-likeness (QED) is 0.810. The minimum atomic E-state index is -0.566. The van der Waals surface area contributed by atoms with Gasteiger partial charge in [-0.05, 0) is 38.7 Å². The Morgan fingerprint density at radius 2 is 2.07 bits per heavy atom. The smallest absolute Gasteiger partial charge is 0.131 e. The molecular weight excluding hydrogens is 240 g/mol. The van der Waals surface area contributed by atoms with Gasteiger partial charge in [-0.3, -0.25) is 4.90 Å². The van der Waals surface area contributed by atoms with Crippen LogP contribution in [0.3, 0.4) is 0 Å². The second-order valence-electron chi connectivity index (χ2n) is 3.59. The molecule has 0 saturated carbocycles. The molecule has 0 aromatic heterocycles. The summed E-state index contributed by atoms with van der Waals surface area (Å²) >= 11 is 3.40. The van der Waals surface area contributed by atoms with Crippen molar-refractivity contribution >= 4 is 15.9 Å². The van der Waals surface area contributed by atoms with E-state index in [2.05, 4.69) is 22.0 Å². The van der Waals surface area contributed by atoms with Crippen molar-refractivity contribution in [2.24, 2.45) is 0 Å². The molecule has 0 aliphatic carbocycles. The summed E-state index contributed by atoms with van der Waals surface area (Å²) in [7, 11) is 3.81. The zero-order valence-corrected chi connectivity index (χ0v) is 10.2. The molecule has 1 aromatic rings. The Labute approximate surface area is 93.3 Å². The van der Waals surface area contributed by atoms with Crippen LogP contribution in [-0.2, 0) is 5.54 Å². The van der Waals surface area contributed by atoms with E-state index in [1.54, 1.807) is 0 Å². The highest BCUT2D eigenvalue weighted by Crippen LogP contribution is 2.27. The number of hydrogen-bond donors (Lipinski definition) is 0. The highest BCUT2D eigenvalue weighted by atomic mass is 79.9. The van der Waals surface area contributed by atoms with Crippen LogP contribution in [0.15, 0.2) is 28.7 Å². The fourth-order valence-electron chi connectivity index (χ4n) is 1.21. The normalized spacial score (nSPS) is 14.9. The van der Waals surface area contributed by atoms with Gasteiger partial charge in [0.05, 0.1) is 6.07 Å². The van der Waals surface area contributed by atoms with Gasteiger partial charge in [0.1, 0.15) is 5.54 Å². The summed E-state index contributed by atoms with van der Waals surface area (Å²) in [5, 5.41) is 9.19. The summed E-state index contributed by atoms with van der Waals surface area (Å²) < 4.78 is 0.998. The van der Waals surface area contributed by atoms with Crippen LogP contribution in [0.5, 0.6) is 0 Å². The molecule has 3 heteroatoms. The number of nitrogens with zero attached hydrogens (tertiary/aromatic N) is 2. The van der Waals surface area contributed by atoms with Crippen LogP contribution in [0.2, 0.25) is 0 Å². The summed E-state index contributed by atoms with van der Waals surface area (Å²) in [6.45, 7) is 1.91. The Morgan fingerprint density at radius 3 is 2.50 bits per heavy atom. The van der Waals surface area contributed by atoms with E-state index in [-0.39, 0.29) is 0 Å². The lowest BCUT2D eigenvalue weighted by Gasteiger charge is -2.29. The molecular formula is C11H13BrN2. The number of halogens is 1. The van der Waals surface area contributed by atoms with Crippen LogP contribution in [0.1, 0.15) is 12.5 Å². The van der Waals surface area contributed by atoms with Crippen molar-refractivity contribution in [1.29, 1.82) is 5.26 Å². The molecule has 0 aliphatic heterocycles. The number of hydrogen-bond acceptors (Lipinski definition) is 2. The van der Waals surface area contributed by atoms with E-state index in [1.165, 1.54) is 0 Å². The minimum absolute atomic E-state index is 0.566. The Morgan fingerprint density at radius 1 is 1.43 bits per heavy atom. The van der Waals surface area contributed by atoms with Gasteiger partial charge in [0.25, 0.3) is 0 Å². The van der Waals surface area contributed by atoms with Crippen molar-refractivity contribution < 1.29 is 0 Å². The molecule has 0 N–H and O–H groups in total. The van der Waals surface area contributed by atoms with Gasteiger partial charge in [0, 0.05) is 4.47 Å². The summed E-state index contributed by atoms with van der Waals surface area (Å²) in [5.41, 5.74) is 0.434. The van der Waals surface area contributed by atoms with Gasteiger partial charge in [-0.25, -0.2) is 0 Å². The van der Waals surface area contributed by atoms with Crippen molar-refractivity contribution in [1.82, 2.24) is 4.90 Å². The fraction of sp³-hybridized carbons (Fsp3) is 0.364. The second kappa shape index (κ2) is 4.12. The predicted octanol–water partition coefficient (Wildman–Crippen LogP) is 2.75. The average Bonchev–Trinajstić information content (AvgIpc) is 2.16. The monoisotopic (exact) mass is 252 g/mol. The van der Waals surface area contributed by atoms with Crippen LogP contribution in [0.25, 0.3) is 0 Å². The highest BCUT2D eigenvalue weighted by Gasteiger charge is 2.28. The summed E-state index contributed by atoms with van der Waals surface area (Å²) in [6.07, 6.45) is 0.